The van der Waals surface area contributed by atoms with E-state index in [9.17, 15) is 13.2 Å². The number of hydrogen-bond donors (Lipinski definition) is 2. The fraction of sp³-hybridized carbons (Fsp3) is 0.529. The summed E-state index contributed by atoms with van der Waals surface area (Å²) in [4.78, 5) is 6.56. The predicted molar refractivity (Wildman–Crippen MR) is 87.6 cm³/mol. The number of aromatic amines is 1. The maximum Gasteiger partial charge on any atom is 0.435 e. The second-order valence-electron chi connectivity index (χ2n) is 6.34. The first-order valence-corrected chi connectivity index (χ1v) is 8.48. The molecule has 0 amide bonds. The Morgan fingerprint density at radius 1 is 1.16 bits per heavy atom. The van der Waals surface area contributed by atoms with Crippen molar-refractivity contribution in [2.75, 3.05) is 13.1 Å². The van der Waals surface area contributed by atoms with E-state index in [1.807, 2.05) is 18.2 Å². The van der Waals surface area contributed by atoms with Gasteiger partial charge in [-0.1, -0.05) is 6.07 Å². The Morgan fingerprint density at radius 2 is 2.04 bits per heavy atom. The van der Waals surface area contributed by atoms with Crippen LogP contribution in [0.1, 0.15) is 36.3 Å². The van der Waals surface area contributed by atoms with Gasteiger partial charge in [0.2, 0.25) is 0 Å². The number of aromatic nitrogens is 3. The Kier molecular flexibility index (Phi) is 5.70. The molecule has 1 atom stereocenters. The van der Waals surface area contributed by atoms with Crippen molar-refractivity contribution in [1.29, 1.82) is 0 Å². The number of H-pyrrole nitrogens is 1. The molecular weight excluding hydrogens is 331 g/mol. The first-order chi connectivity index (χ1) is 12.0. The van der Waals surface area contributed by atoms with Crippen molar-refractivity contribution >= 4 is 0 Å². The molecule has 0 radical (unpaired) electrons. The second kappa shape index (κ2) is 7.97. The first kappa shape index (κ1) is 17.9. The Balaban J connectivity index is 1.76. The minimum absolute atomic E-state index is 0.301. The van der Waals surface area contributed by atoms with Crippen molar-refractivity contribution < 1.29 is 13.2 Å². The summed E-state index contributed by atoms with van der Waals surface area (Å²) in [6.07, 6.45) is 0.348. The Hall–Kier alpha value is -1.93. The van der Waals surface area contributed by atoms with E-state index in [0.717, 1.165) is 44.1 Å². The van der Waals surface area contributed by atoms with Crippen LogP contribution in [0.3, 0.4) is 0 Å². The minimum atomic E-state index is -4.42. The molecule has 0 bridgehead atoms. The van der Waals surface area contributed by atoms with E-state index in [1.54, 1.807) is 6.20 Å². The van der Waals surface area contributed by atoms with Crippen molar-refractivity contribution in [2.45, 2.75) is 44.6 Å². The molecule has 1 saturated heterocycles. The largest absolute Gasteiger partial charge is 0.435 e. The molecule has 1 fully saturated rings. The molecule has 3 heterocycles. The molecule has 1 aliphatic rings. The number of nitrogens with zero attached hydrogens (tertiary/aromatic N) is 3. The molecule has 0 saturated carbocycles. The summed E-state index contributed by atoms with van der Waals surface area (Å²) in [6, 6.07) is 7.12. The van der Waals surface area contributed by atoms with Gasteiger partial charge < -0.3 is 5.32 Å². The lowest BCUT2D eigenvalue weighted by molar-refractivity contribution is -0.141. The van der Waals surface area contributed by atoms with Crippen LogP contribution >= 0.6 is 0 Å². The highest BCUT2D eigenvalue weighted by molar-refractivity contribution is 5.12. The number of rotatable bonds is 5. The summed E-state index contributed by atoms with van der Waals surface area (Å²) < 4.78 is 38.3. The average molecular weight is 353 g/mol. The van der Waals surface area contributed by atoms with Gasteiger partial charge in [0.15, 0.2) is 5.69 Å². The van der Waals surface area contributed by atoms with E-state index in [1.165, 1.54) is 0 Å². The topological polar surface area (TPSA) is 56.8 Å². The molecule has 3 rings (SSSR count). The molecule has 0 aromatic carbocycles. The molecule has 2 aromatic rings. The monoisotopic (exact) mass is 353 g/mol. The molecule has 25 heavy (non-hydrogen) atoms. The Morgan fingerprint density at radius 3 is 2.76 bits per heavy atom. The Labute approximate surface area is 144 Å². The van der Waals surface area contributed by atoms with Crippen LogP contribution in [-0.4, -0.2) is 39.2 Å². The van der Waals surface area contributed by atoms with Crippen molar-refractivity contribution in [1.82, 2.24) is 25.4 Å². The number of pyridine rings is 1. The standard InChI is InChI=1S/C17H22F3N5/c18-17(19,20)16-10-14(23-24-16)12-25(11-13-4-1-2-8-22-13)15-5-3-7-21-9-6-15/h1-2,4,8,10,15,21H,3,5-7,9,11-12H2,(H,23,24). The van der Waals surface area contributed by atoms with E-state index in [0.29, 0.717) is 24.8 Å². The third-order valence-corrected chi connectivity index (χ3v) is 4.45. The maximum atomic E-state index is 12.8. The van der Waals surface area contributed by atoms with E-state index < -0.39 is 11.9 Å². The summed E-state index contributed by atoms with van der Waals surface area (Å²) in [5.74, 6) is 0. The Bertz CT molecular complexity index is 648. The zero-order chi connectivity index (χ0) is 17.7. The number of hydrogen-bond acceptors (Lipinski definition) is 4. The van der Waals surface area contributed by atoms with Crippen LogP contribution in [0.2, 0.25) is 0 Å². The van der Waals surface area contributed by atoms with E-state index in [2.05, 4.69) is 25.4 Å². The summed E-state index contributed by atoms with van der Waals surface area (Å²) in [5, 5.41) is 9.31. The molecule has 5 nitrogen and oxygen atoms in total. The summed E-state index contributed by atoms with van der Waals surface area (Å²) in [7, 11) is 0. The van der Waals surface area contributed by atoms with Gasteiger partial charge in [-0.25, -0.2) is 0 Å². The zero-order valence-corrected chi connectivity index (χ0v) is 13.9. The van der Waals surface area contributed by atoms with E-state index >= 15 is 0 Å². The van der Waals surface area contributed by atoms with Crippen LogP contribution in [0.4, 0.5) is 13.2 Å². The third kappa shape index (κ3) is 5.02. The molecular formula is C17H22F3N5. The molecule has 2 aromatic heterocycles. The molecule has 0 aliphatic carbocycles. The number of alkyl halides is 3. The molecule has 8 heteroatoms. The van der Waals surface area contributed by atoms with Gasteiger partial charge in [0, 0.05) is 31.0 Å². The molecule has 2 N–H and O–H groups in total. The highest BCUT2D eigenvalue weighted by Gasteiger charge is 2.34. The van der Waals surface area contributed by atoms with Crippen LogP contribution in [0.25, 0.3) is 0 Å². The average Bonchev–Trinajstić information content (AvgIpc) is 2.89. The molecule has 0 spiro atoms. The van der Waals surface area contributed by atoms with Crippen LogP contribution in [-0.2, 0) is 19.3 Å². The van der Waals surface area contributed by atoms with Gasteiger partial charge in [-0.3, -0.25) is 15.0 Å². The van der Waals surface area contributed by atoms with Crippen LogP contribution in [0, 0.1) is 0 Å². The molecule has 1 unspecified atom stereocenters. The van der Waals surface area contributed by atoms with Gasteiger partial charge in [0.1, 0.15) is 0 Å². The highest BCUT2D eigenvalue weighted by atomic mass is 19.4. The molecule has 1 aliphatic heterocycles. The van der Waals surface area contributed by atoms with Crippen molar-refractivity contribution in [3.8, 4) is 0 Å². The summed E-state index contributed by atoms with van der Waals surface area (Å²) in [6.45, 7) is 2.90. The first-order valence-electron chi connectivity index (χ1n) is 8.48. The quantitative estimate of drug-likeness (QED) is 0.868. The lowest BCUT2D eigenvalue weighted by atomic mass is 10.1. The zero-order valence-electron chi connectivity index (χ0n) is 13.9. The second-order valence-corrected chi connectivity index (χ2v) is 6.34. The van der Waals surface area contributed by atoms with Gasteiger partial charge in [-0.15, -0.1) is 0 Å². The lowest BCUT2D eigenvalue weighted by Crippen LogP contribution is -2.35. The highest BCUT2D eigenvalue weighted by Crippen LogP contribution is 2.28. The number of nitrogens with one attached hydrogen (secondary N) is 2. The minimum Gasteiger partial charge on any atom is -0.317 e. The van der Waals surface area contributed by atoms with Crippen molar-refractivity contribution in [2.24, 2.45) is 0 Å². The van der Waals surface area contributed by atoms with Gasteiger partial charge in [0.25, 0.3) is 0 Å². The summed E-state index contributed by atoms with van der Waals surface area (Å²) >= 11 is 0. The van der Waals surface area contributed by atoms with Gasteiger partial charge in [-0.2, -0.15) is 18.3 Å². The van der Waals surface area contributed by atoms with Crippen molar-refractivity contribution in [3.63, 3.8) is 0 Å². The third-order valence-electron chi connectivity index (χ3n) is 4.45. The van der Waals surface area contributed by atoms with E-state index in [-0.39, 0.29) is 0 Å². The maximum absolute atomic E-state index is 12.8. The number of halogens is 3. The SMILES string of the molecule is FC(F)(F)c1cc(CN(Cc2ccccn2)C2CCCNCC2)[nH]n1. The molecule has 136 valence electrons. The van der Waals surface area contributed by atoms with Crippen LogP contribution in [0.15, 0.2) is 30.5 Å². The van der Waals surface area contributed by atoms with Crippen LogP contribution < -0.4 is 5.32 Å². The van der Waals surface area contributed by atoms with Gasteiger partial charge in [-0.05, 0) is 50.6 Å². The fourth-order valence-corrected chi connectivity index (χ4v) is 3.19. The smallest absolute Gasteiger partial charge is 0.317 e. The lowest BCUT2D eigenvalue weighted by Gasteiger charge is -2.30. The normalized spacial score (nSPS) is 19.1. The van der Waals surface area contributed by atoms with Gasteiger partial charge in [0.05, 0.1) is 5.69 Å². The predicted octanol–water partition coefficient (Wildman–Crippen LogP) is 2.97. The fourth-order valence-electron chi connectivity index (χ4n) is 3.19. The van der Waals surface area contributed by atoms with Gasteiger partial charge >= 0.3 is 6.18 Å². The van der Waals surface area contributed by atoms with Crippen LogP contribution in [0.5, 0.6) is 0 Å². The summed E-state index contributed by atoms with van der Waals surface area (Å²) in [5.41, 5.74) is 0.513. The van der Waals surface area contributed by atoms with E-state index in [4.69, 9.17) is 0 Å². The van der Waals surface area contributed by atoms with Crippen molar-refractivity contribution in [3.05, 3.63) is 47.5 Å².